The molecule has 0 aliphatic carbocycles. The standard InChI is InChI=1S/C15H21N3O3/c19-14(8-13-11-21-7-6-16-13)18-10-15(20)17-9-12-4-2-1-3-5-12/h1-5,13,16H,6-11H2,(H,17,20)(H,18,19). The van der Waals surface area contributed by atoms with Gasteiger partial charge in [-0.25, -0.2) is 0 Å². The summed E-state index contributed by atoms with van der Waals surface area (Å²) < 4.78 is 5.27. The monoisotopic (exact) mass is 291 g/mol. The molecule has 1 aromatic carbocycles. The molecule has 2 rings (SSSR count). The molecule has 0 radical (unpaired) electrons. The molecule has 0 saturated carbocycles. The van der Waals surface area contributed by atoms with Gasteiger partial charge in [0.1, 0.15) is 0 Å². The predicted octanol–water partition coefficient (Wildman–Crippen LogP) is -0.202. The molecule has 0 aromatic heterocycles. The molecule has 6 heteroatoms. The van der Waals surface area contributed by atoms with Gasteiger partial charge in [0.25, 0.3) is 0 Å². The minimum atomic E-state index is -0.194. The first kappa shape index (κ1) is 15.5. The van der Waals surface area contributed by atoms with Gasteiger partial charge in [-0.15, -0.1) is 0 Å². The van der Waals surface area contributed by atoms with E-state index in [0.717, 1.165) is 12.1 Å². The molecular formula is C15H21N3O3. The van der Waals surface area contributed by atoms with Crippen molar-refractivity contribution in [2.24, 2.45) is 0 Å². The zero-order valence-corrected chi connectivity index (χ0v) is 11.9. The number of benzene rings is 1. The molecule has 1 saturated heterocycles. The highest BCUT2D eigenvalue weighted by Crippen LogP contribution is 1.98. The fourth-order valence-corrected chi connectivity index (χ4v) is 2.08. The van der Waals surface area contributed by atoms with E-state index in [-0.39, 0.29) is 24.4 Å². The maximum Gasteiger partial charge on any atom is 0.239 e. The summed E-state index contributed by atoms with van der Waals surface area (Å²) in [5.41, 5.74) is 1.03. The topological polar surface area (TPSA) is 79.5 Å². The molecule has 1 fully saturated rings. The van der Waals surface area contributed by atoms with Crippen LogP contribution in [0.25, 0.3) is 0 Å². The zero-order valence-electron chi connectivity index (χ0n) is 11.9. The molecule has 1 atom stereocenters. The smallest absolute Gasteiger partial charge is 0.239 e. The third kappa shape index (κ3) is 5.93. The van der Waals surface area contributed by atoms with Crippen molar-refractivity contribution in [2.45, 2.75) is 19.0 Å². The van der Waals surface area contributed by atoms with E-state index in [2.05, 4.69) is 16.0 Å². The number of carbonyl (C=O) groups is 2. The van der Waals surface area contributed by atoms with Gasteiger partial charge in [-0.05, 0) is 5.56 Å². The molecule has 1 heterocycles. The van der Waals surface area contributed by atoms with Gasteiger partial charge in [-0.2, -0.15) is 0 Å². The molecule has 1 aliphatic heterocycles. The minimum absolute atomic E-state index is 0.000750. The number of nitrogens with one attached hydrogen (secondary N) is 3. The van der Waals surface area contributed by atoms with Crippen LogP contribution in [0.15, 0.2) is 30.3 Å². The van der Waals surface area contributed by atoms with Crippen LogP contribution in [0, 0.1) is 0 Å². The third-order valence-corrected chi connectivity index (χ3v) is 3.21. The Hall–Kier alpha value is -1.92. The number of morpholine rings is 1. The second-order valence-electron chi connectivity index (χ2n) is 4.97. The summed E-state index contributed by atoms with van der Waals surface area (Å²) in [5.74, 6) is -0.340. The van der Waals surface area contributed by atoms with Crippen LogP contribution in [-0.4, -0.2) is 44.2 Å². The Morgan fingerprint density at radius 1 is 1.19 bits per heavy atom. The van der Waals surface area contributed by atoms with E-state index in [4.69, 9.17) is 4.74 Å². The quantitative estimate of drug-likeness (QED) is 0.678. The van der Waals surface area contributed by atoms with Gasteiger partial charge >= 0.3 is 0 Å². The fraction of sp³-hybridized carbons (Fsp3) is 0.467. The Morgan fingerprint density at radius 2 is 2.00 bits per heavy atom. The zero-order chi connectivity index (χ0) is 14.9. The number of hydrogen-bond acceptors (Lipinski definition) is 4. The highest BCUT2D eigenvalue weighted by molar-refractivity contribution is 5.84. The summed E-state index contributed by atoms with van der Waals surface area (Å²) in [7, 11) is 0. The Labute approximate surface area is 124 Å². The highest BCUT2D eigenvalue weighted by atomic mass is 16.5. The van der Waals surface area contributed by atoms with E-state index in [1.165, 1.54) is 0 Å². The van der Waals surface area contributed by atoms with E-state index < -0.39 is 0 Å². The minimum Gasteiger partial charge on any atom is -0.378 e. The van der Waals surface area contributed by atoms with Crippen molar-refractivity contribution in [3.05, 3.63) is 35.9 Å². The van der Waals surface area contributed by atoms with Crippen molar-refractivity contribution in [1.82, 2.24) is 16.0 Å². The molecule has 2 amide bonds. The lowest BCUT2D eigenvalue weighted by atomic mass is 10.2. The fourth-order valence-electron chi connectivity index (χ4n) is 2.08. The van der Waals surface area contributed by atoms with Crippen LogP contribution in [0.1, 0.15) is 12.0 Å². The summed E-state index contributed by atoms with van der Waals surface area (Å²) in [6.07, 6.45) is 0.325. The van der Waals surface area contributed by atoms with E-state index in [9.17, 15) is 9.59 Å². The van der Waals surface area contributed by atoms with Crippen molar-refractivity contribution >= 4 is 11.8 Å². The van der Waals surface area contributed by atoms with Crippen molar-refractivity contribution in [3.8, 4) is 0 Å². The molecular weight excluding hydrogens is 270 g/mol. The maximum atomic E-state index is 11.7. The molecule has 1 aromatic rings. The Bertz CT molecular complexity index is 458. The molecule has 1 aliphatic rings. The van der Waals surface area contributed by atoms with Crippen molar-refractivity contribution < 1.29 is 14.3 Å². The first-order chi connectivity index (χ1) is 10.2. The van der Waals surface area contributed by atoms with Crippen molar-refractivity contribution in [3.63, 3.8) is 0 Å². The molecule has 0 spiro atoms. The number of ether oxygens (including phenoxy) is 1. The molecule has 1 unspecified atom stereocenters. The Balaban J connectivity index is 1.60. The summed E-state index contributed by atoms with van der Waals surface area (Å²) in [5, 5.41) is 8.58. The van der Waals surface area contributed by atoms with Gasteiger partial charge in [0.2, 0.25) is 11.8 Å². The van der Waals surface area contributed by atoms with Crippen molar-refractivity contribution in [2.75, 3.05) is 26.3 Å². The van der Waals surface area contributed by atoms with E-state index in [1.54, 1.807) is 0 Å². The van der Waals surface area contributed by atoms with E-state index >= 15 is 0 Å². The maximum absolute atomic E-state index is 11.7. The van der Waals surface area contributed by atoms with Gasteiger partial charge in [0.05, 0.1) is 19.8 Å². The number of rotatable bonds is 6. The van der Waals surface area contributed by atoms with Crippen LogP contribution < -0.4 is 16.0 Å². The summed E-state index contributed by atoms with van der Waals surface area (Å²) in [6.45, 7) is 2.44. The Kier molecular flexibility index (Phi) is 6.18. The number of carbonyl (C=O) groups excluding carboxylic acids is 2. The van der Waals surface area contributed by atoms with Crippen molar-refractivity contribution in [1.29, 1.82) is 0 Å². The SMILES string of the molecule is O=C(CNC(=O)CC1COCCN1)NCc1ccccc1. The largest absolute Gasteiger partial charge is 0.378 e. The average molecular weight is 291 g/mol. The lowest BCUT2D eigenvalue weighted by Gasteiger charge is -2.23. The van der Waals surface area contributed by atoms with Crippen LogP contribution in [0.5, 0.6) is 0 Å². The van der Waals surface area contributed by atoms with Crippen LogP contribution in [0.3, 0.4) is 0 Å². The van der Waals surface area contributed by atoms with Crippen LogP contribution >= 0.6 is 0 Å². The van der Waals surface area contributed by atoms with Crippen LogP contribution in [0.2, 0.25) is 0 Å². The lowest BCUT2D eigenvalue weighted by Crippen LogP contribution is -2.45. The van der Waals surface area contributed by atoms with Gasteiger partial charge in [0, 0.05) is 25.6 Å². The van der Waals surface area contributed by atoms with Crippen LogP contribution in [-0.2, 0) is 20.9 Å². The number of hydrogen-bond donors (Lipinski definition) is 3. The second-order valence-corrected chi connectivity index (χ2v) is 4.97. The van der Waals surface area contributed by atoms with E-state index in [0.29, 0.717) is 26.2 Å². The number of amides is 2. The molecule has 6 nitrogen and oxygen atoms in total. The first-order valence-corrected chi connectivity index (χ1v) is 7.12. The molecule has 21 heavy (non-hydrogen) atoms. The van der Waals surface area contributed by atoms with Crippen LogP contribution in [0.4, 0.5) is 0 Å². The molecule has 3 N–H and O–H groups in total. The normalized spacial score (nSPS) is 18.0. The summed E-state index contributed by atoms with van der Waals surface area (Å²) in [4.78, 5) is 23.4. The molecule has 114 valence electrons. The third-order valence-electron chi connectivity index (χ3n) is 3.21. The lowest BCUT2D eigenvalue weighted by molar-refractivity contribution is -0.126. The predicted molar refractivity (Wildman–Crippen MR) is 78.5 cm³/mol. The highest BCUT2D eigenvalue weighted by Gasteiger charge is 2.17. The van der Waals surface area contributed by atoms with E-state index in [1.807, 2.05) is 30.3 Å². The van der Waals surface area contributed by atoms with Gasteiger partial charge < -0.3 is 20.7 Å². The van der Waals surface area contributed by atoms with Gasteiger partial charge in [-0.3, -0.25) is 9.59 Å². The summed E-state index contributed by atoms with van der Waals surface area (Å²) >= 11 is 0. The average Bonchev–Trinajstić information content (AvgIpc) is 2.53. The summed E-state index contributed by atoms with van der Waals surface area (Å²) in [6, 6.07) is 9.67. The van der Waals surface area contributed by atoms with Gasteiger partial charge in [-0.1, -0.05) is 30.3 Å². The first-order valence-electron chi connectivity index (χ1n) is 7.12. The van der Waals surface area contributed by atoms with Gasteiger partial charge in [0.15, 0.2) is 0 Å². The molecule has 0 bridgehead atoms. The second kappa shape index (κ2) is 8.39. The Morgan fingerprint density at radius 3 is 2.71 bits per heavy atom.